The molecule has 0 rings (SSSR count). The van der Waals surface area contributed by atoms with E-state index >= 15 is 0 Å². The Labute approximate surface area is 50.2 Å². The highest BCUT2D eigenvalue weighted by atomic mass is 19.3. The summed E-state index contributed by atoms with van der Waals surface area (Å²) in [6.45, 7) is -3.40. The van der Waals surface area contributed by atoms with Crippen molar-refractivity contribution in [2.75, 3.05) is 6.61 Å². The Hall–Kier alpha value is -0.710. The summed E-state index contributed by atoms with van der Waals surface area (Å²) in [6, 6.07) is 0. The zero-order valence-corrected chi connectivity index (χ0v) is 4.47. The minimum atomic E-state index is -2.90. The lowest BCUT2D eigenvalue weighted by Crippen LogP contribution is -2.23. The normalized spacial score (nSPS) is 10.1. The lowest BCUT2D eigenvalue weighted by Gasteiger charge is -2.01. The molecule has 0 atom stereocenters. The van der Waals surface area contributed by atoms with Gasteiger partial charge in [0.05, 0.1) is 6.61 Å². The largest absolute Gasteiger partial charge is 0.550 e. The second kappa shape index (κ2) is 4.20. The van der Waals surface area contributed by atoms with Crippen LogP contribution in [0.1, 0.15) is 6.42 Å². The molecule has 0 aliphatic carbocycles. The van der Waals surface area contributed by atoms with E-state index in [0.717, 1.165) is 0 Å². The summed E-state index contributed by atoms with van der Waals surface area (Å²) in [7, 11) is 0. The van der Waals surface area contributed by atoms with Crippen molar-refractivity contribution >= 4 is 5.97 Å². The second-order valence-electron chi connectivity index (χ2n) is 1.25. The van der Waals surface area contributed by atoms with Crippen LogP contribution in [-0.4, -0.2) is 19.2 Å². The molecule has 3 nitrogen and oxygen atoms in total. The third-order valence-electron chi connectivity index (χ3n) is 0.550. The van der Waals surface area contributed by atoms with E-state index in [4.69, 9.17) is 0 Å². The molecule has 0 aliphatic rings. The van der Waals surface area contributed by atoms with E-state index in [2.05, 4.69) is 4.74 Å². The Morgan fingerprint density at radius 3 is 2.56 bits per heavy atom. The summed E-state index contributed by atoms with van der Waals surface area (Å²) in [4.78, 5) is 9.54. The van der Waals surface area contributed by atoms with Gasteiger partial charge in [-0.1, -0.05) is 0 Å². The van der Waals surface area contributed by atoms with Gasteiger partial charge in [-0.15, -0.1) is 0 Å². The maximum atomic E-state index is 11.0. The van der Waals surface area contributed by atoms with Gasteiger partial charge in [-0.25, -0.2) is 0 Å². The first-order chi connectivity index (χ1) is 4.13. The van der Waals surface area contributed by atoms with E-state index in [1.54, 1.807) is 0 Å². The fourth-order valence-electron chi connectivity index (χ4n) is 0.231. The number of rotatable bonds is 4. The van der Waals surface area contributed by atoms with E-state index < -0.39 is 25.6 Å². The third kappa shape index (κ3) is 7.29. The van der Waals surface area contributed by atoms with Crippen LogP contribution in [0.4, 0.5) is 8.78 Å². The second-order valence-corrected chi connectivity index (χ2v) is 1.25. The summed E-state index contributed by atoms with van der Waals surface area (Å²) in [6.07, 6.45) is -0.496. The molecular formula is C4H5F2O3-. The van der Waals surface area contributed by atoms with E-state index in [1.807, 2.05) is 0 Å². The molecule has 0 saturated heterocycles. The van der Waals surface area contributed by atoms with E-state index in [1.165, 1.54) is 0 Å². The van der Waals surface area contributed by atoms with Crippen LogP contribution in [0, 0.1) is 0 Å². The van der Waals surface area contributed by atoms with Crippen LogP contribution in [0.2, 0.25) is 0 Å². The van der Waals surface area contributed by atoms with Crippen LogP contribution in [0.25, 0.3) is 0 Å². The number of carboxylic acids is 1. The van der Waals surface area contributed by atoms with Gasteiger partial charge in [0.15, 0.2) is 0 Å². The molecule has 0 amide bonds. The zero-order valence-electron chi connectivity index (χ0n) is 4.47. The Morgan fingerprint density at radius 2 is 2.22 bits per heavy atom. The van der Waals surface area contributed by atoms with Crippen molar-refractivity contribution in [3.63, 3.8) is 0 Å². The molecule has 0 N–H and O–H groups in total. The van der Waals surface area contributed by atoms with Crippen molar-refractivity contribution < 1.29 is 23.4 Å². The molecule has 0 aromatic rings. The number of carboxylic acid groups (broad SMARTS) is 1. The molecule has 0 radical (unpaired) electrons. The van der Waals surface area contributed by atoms with Crippen molar-refractivity contribution in [2.24, 2.45) is 0 Å². The van der Waals surface area contributed by atoms with Crippen LogP contribution < -0.4 is 5.11 Å². The van der Waals surface area contributed by atoms with Crippen molar-refractivity contribution in [1.29, 1.82) is 0 Å². The lowest BCUT2D eigenvalue weighted by molar-refractivity contribution is -0.307. The molecule has 0 spiro atoms. The van der Waals surface area contributed by atoms with E-state index in [0.29, 0.717) is 0 Å². The summed E-state index contributed by atoms with van der Waals surface area (Å²) in [5, 5.41) is 9.54. The minimum absolute atomic E-state index is 0.496. The lowest BCUT2D eigenvalue weighted by atomic mass is 10.5. The van der Waals surface area contributed by atoms with Gasteiger partial charge in [0.1, 0.15) is 0 Å². The van der Waals surface area contributed by atoms with Crippen molar-refractivity contribution in [2.45, 2.75) is 13.0 Å². The van der Waals surface area contributed by atoms with Gasteiger partial charge in [-0.05, 0) is 0 Å². The summed E-state index contributed by atoms with van der Waals surface area (Å²) in [5.74, 6) is -1.39. The van der Waals surface area contributed by atoms with Gasteiger partial charge in [0.25, 0.3) is 0 Å². The molecule has 0 aromatic carbocycles. The van der Waals surface area contributed by atoms with Gasteiger partial charge in [-0.3, -0.25) is 0 Å². The Bertz CT molecular complexity index is 93.8. The molecule has 0 aromatic heterocycles. The first kappa shape index (κ1) is 8.29. The predicted molar refractivity (Wildman–Crippen MR) is 21.6 cm³/mol. The first-order valence-corrected chi connectivity index (χ1v) is 2.22. The first-order valence-electron chi connectivity index (χ1n) is 2.22. The number of halogens is 2. The van der Waals surface area contributed by atoms with Crippen molar-refractivity contribution in [1.82, 2.24) is 0 Å². The highest BCUT2D eigenvalue weighted by molar-refractivity contribution is 5.64. The van der Waals surface area contributed by atoms with Crippen LogP contribution in [-0.2, 0) is 9.53 Å². The van der Waals surface area contributed by atoms with Crippen molar-refractivity contribution in [3.05, 3.63) is 0 Å². The zero-order chi connectivity index (χ0) is 7.28. The SMILES string of the molecule is O=C([O-])CCOC(F)F. The number of carbonyl (C=O) groups excluding carboxylic acids is 1. The molecule has 0 unspecified atom stereocenters. The van der Waals surface area contributed by atoms with Crippen LogP contribution >= 0.6 is 0 Å². The quantitative estimate of drug-likeness (QED) is 0.520. The average molecular weight is 139 g/mol. The fourth-order valence-corrected chi connectivity index (χ4v) is 0.231. The van der Waals surface area contributed by atoms with E-state index in [-0.39, 0.29) is 0 Å². The summed E-state index contributed by atoms with van der Waals surface area (Å²) < 4.78 is 25.7. The predicted octanol–water partition coefficient (Wildman–Crippen LogP) is -0.634. The molecule has 9 heavy (non-hydrogen) atoms. The maximum absolute atomic E-state index is 11.0. The van der Waals surface area contributed by atoms with Crippen LogP contribution in [0.5, 0.6) is 0 Å². The summed E-state index contributed by atoms with van der Waals surface area (Å²) >= 11 is 0. The molecule has 0 bridgehead atoms. The third-order valence-corrected chi connectivity index (χ3v) is 0.550. The highest BCUT2D eigenvalue weighted by Crippen LogP contribution is 1.94. The molecule has 0 heterocycles. The van der Waals surface area contributed by atoms with Crippen LogP contribution in [0.15, 0.2) is 0 Å². The van der Waals surface area contributed by atoms with Gasteiger partial charge in [0.2, 0.25) is 0 Å². The number of ether oxygens (including phenoxy) is 1. The standard InChI is InChI=1S/C4H6F2O3/c5-4(6)9-2-1-3(7)8/h4H,1-2H2,(H,7,8)/p-1. The topological polar surface area (TPSA) is 49.4 Å². The summed E-state index contributed by atoms with van der Waals surface area (Å²) in [5.41, 5.74) is 0. The Balaban J connectivity index is 3.01. The molecule has 0 saturated carbocycles. The van der Waals surface area contributed by atoms with E-state index in [9.17, 15) is 18.7 Å². The molecule has 5 heteroatoms. The van der Waals surface area contributed by atoms with Gasteiger partial charge < -0.3 is 14.6 Å². The molecule has 54 valence electrons. The van der Waals surface area contributed by atoms with Crippen molar-refractivity contribution in [3.8, 4) is 0 Å². The highest BCUT2D eigenvalue weighted by Gasteiger charge is 1.99. The van der Waals surface area contributed by atoms with Gasteiger partial charge in [0, 0.05) is 12.4 Å². The van der Waals surface area contributed by atoms with Gasteiger partial charge in [-0.2, -0.15) is 8.78 Å². The molecule has 0 aliphatic heterocycles. The van der Waals surface area contributed by atoms with Gasteiger partial charge >= 0.3 is 6.61 Å². The fraction of sp³-hybridized carbons (Fsp3) is 0.750. The average Bonchev–Trinajstić information content (AvgIpc) is 1.63. The molecule has 0 fully saturated rings. The smallest absolute Gasteiger partial charge is 0.345 e. The number of carbonyl (C=O) groups is 1. The monoisotopic (exact) mass is 139 g/mol. The number of hydrogen-bond acceptors (Lipinski definition) is 3. The molecular weight excluding hydrogens is 134 g/mol. The maximum Gasteiger partial charge on any atom is 0.345 e. The number of alkyl halides is 2. The number of aliphatic carboxylic acids is 1. The Morgan fingerprint density at radius 1 is 1.67 bits per heavy atom. The minimum Gasteiger partial charge on any atom is -0.550 e. The van der Waals surface area contributed by atoms with Crippen LogP contribution in [0.3, 0.4) is 0 Å². The number of hydrogen-bond donors (Lipinski definition) is 0. The Kier molecular flexibility index (Phi) is 3.87.